The Morgan fingerprint density at radius 3 is 2.65 bits per heavy atom. The molecule has 0 heterocycles. The molecule has 108 valence electrons. The monoisotopic (exact) mass is 362 g/mol. The third-order valence-electron chi connectivity index (χ3n) is 3.15. The van der Waals surface area contributed by atoms with Gasteiger partial charge in [-0.3, -0.25) is 0 Å². The van der Waals surface area contributed by atoms with Crippen LogP contribution in [0.4, 0.5) is 4.39 Å². The Balaban J connectivity index is 2.59. The molecule has 0 spiro atoms. The second-order valence-corrected chi connectivity index (χ2v) is 7.56. The lowest BCUT2D eigenvalue weighted by Gasteiger charge is -2.18. The van der Waals surface area contributed by atoms with E-state index >= 15 is 0 Å². The summed E-state index contributed by atoms with van der Waals surface area (Å²) in [6.45, 7) is 0. The van der Waals surface area contributed by atoms with Crippen molar-refractivity contribution in [3.63, 3.8) is 0 Å². The first-order valence-electron chi connectivity index (χ1n) is 5.97. The van der Waals surface area contributed by atoms with Crippen LogP contribution in [0.5, 0.6) is 0 Å². The maximum Gasteiger partial charge on any atom is 0.338 e. The summed E-state index contributed by atoms with van der Waals surface area (Å²) < 4.78 is 39.2. The predicted molar refractivity (Wildman–Crippen MR) is 75.0 cm³/mol. The summed E-state index contributed by atoms with van der Waals surface area (Å²) in [6, 6.07) is 2.16. The highest BCUT2D eigenvalue weighted by molar-refractivity contribution is 9.10. The predicted octanol–water partition coefficient (Wildman–Crippen LogP) is 3.17. The molecular weight excluding hydrogens is 351 g/mol. The highest BCUT2D eigenvalue weighted by Gasteiger charge is 2.31. The maximum absolute atomic E-state index is 14.1. The highest BCUT2D eigenvalue weighted by atomic mass is 79.9. The van der Waals surface area contributed by atoms with Crippen LogP contribution in [0.2, 0.25) is 0 Å². The Morgan fingerprint density at radius 2 is 2.10 bits per heavy atom. The van der Waals surface area contributed by atoms with Crippen LogP contribution >= 0.6 is 15.9 Å². The Hall–Kier alpha value is -1.21. The van der Waals surface area contributed by atoms with Gasteiger partial charge in [-0.05, 0) is 31.4 Å². The van der Waals surface area contributed by atoms with Gasteiger partial charge in [-0.1, -0.05) is 28.1 Å². The van der Waals surface area contributed by atoms with Crippen molar-refractivity contribution in [3.8, 4) is 0 Å². The molecule has 7 heteroatoms. The van der Waals surface area contributed by atoms with Crippen molar-refractivity contribution >= 4 is 31.7 Å². The van der Waals surface area contributed by atoms with Crippen LogP contribution in [0, 0.1) is 5.82 Å². The molecule has 1 aromatic rings. The summed E-state index contributed by atoms with van der Waals surface area (Å²) in [7, 11) is -3.93. The molecule has 1 aliphatic rings. The first-order valence-corrected chi connectivity index (χ1v) is 8.31. The zero-order valence-corrected chi connectivity index (χ0v) is 12.7. The molecule has 0 aliphatic heterocycles. The molecule has 1 atom stereocenters. The fraction of sp³-hybridized carbons (Fsp3) is 0.308. The number of hydrogen-bond acceptors (Lipinski definition) is 3. The normalized spacial score (nSPS) is 19.0. The van der Waals surface area contributed by atoms with Crippen molar-refractivity contribution in [2.24, 2.45) is 0 Å². The highest BCUT2D eigenvalue weighted by Crippen LogP contribution is 2.30. The Morgan fingerprint density at radius 1 is 1.40 bits per heavy atom. The van der Waals surface area contributed by atoms with E-state index in [1.807, 2.05) is 0 Å². The van der Waals surface area contributed by atoms with Crippen molar-refractivity contribution in [2.45, 2.75) is 29.4 Å². The number of sulfone groups is 1. The Bertz CT molecular complexity index is 682. The minimum atomic E-state index is -3.93. The summed E-state index contributed by atoms with van der Waals surface area (Å²) in [5.74, 6) is -2.71. The van der Waals surface area contributed by atoms with Gasteiger partial charge in [0.25, 0.3) is 0 Å². The van der Waals surface area contributed by atoms with E-state index in [-0.39, 0.29) is 4.47 Å². The Labute approximate surface area is 124 Å². The van der Waals surface area contributed by atoms with Crippen LogP contribution in [0.3, 0.4) is 0 Å². The number of carboxylic acid groups (broad SMARTS) is 1. The quantitative estimate of drug-likeness (QED) is 0.838. The van der Waals surface area contributed by atoms with E-state index < -0.39 is 37.3 Å². The van der Waals surface area contributed by atoms with Gasteiger partial charge >= 0.3 is 5.97 Å². The number of carboxylic acids is 1. The van der Waals surface area contributed by atoms with Crippen molar-refractivity contribution in [1.29, 1.82) is 0 Å². The first-order chi connectivity index (χ1) is 9.34. The van der Waals surface area contributed by atoms with Crippen LogP contribution in [-0.4, -0.2) is 24.7 Å². The van der Waals surface area contributed by atoms with Crippen LogP contribution in [0.15, 0.2) is 33.7 Å². The van der Waals surface area contributed by atoms with Gasteiger partial charge in [0.2, 0.25) is 0 Å². The number of halogens is 2. The van der Waals surface area contributed by atoms with Gasteiger partial charge in [-0.15, -0.1) is 0 Å². The SMILES string of the molecule is O=C(O)c1cc(Br)cc(S(=O)(=O)C2C=CCCC2)c1F. The van der Waals surface area contributed by atoms with Crippen LogP contribution in [0.1, 0.15) is 29.6 Å². The van der Waals surface area contributed by atoms with E-state index in [9.17, 15) is 17.6 Å². The fourth-order valence-corrected chi connectivity index (χ4v) is 4.51. The number of aromatic carboxylic acids is 1. The van der Waals surface area contributed by atoms with E-state index in [1.54, 1.807) is 12.2 Å². The molecule has 0 amide bonds. The van der Waals surface area contributed by atoms with Gasteiger partial charge in [-0.2, -0.15) is 0 Å². The topological polar surface area (TPSA) is 71.4 Å². The molecule has 4 nitrogen and oxygen atoms in total. The summed E-state index contributed by atoms with van der Waals surface area (Å²) in [6.07, 6.45) is 5.21. The summed E-state index contributed by atoms with van der Waals surface area (Å²) in [5.41, 5.74) is -0.655. The van der Waals surface area contributed by atoms with Gasteiger partial charge in [0.15, 0.2) is 15.7 Å². The second-order valence-electron chi connectivity index (χ2n) is 4.51. The van der Waals surface area contributed by atoms with E-state index in [1.165, 1.54) is 0 Å². The maximum atomic E-state index is 14.1. The Kier molecular flexibility index (Phi) is 4.29. The third kappa shape index (κ3) is 2.78. The summed E-state index contributed by atoms with van der Waals surface area (Å²) >= 11 is 3.02. The smallest absolute Gasteiger partial charge is 0.338 e. The first kappa shape index (κ1) is 15.2. The van der Waals surface area contributed by atoms with E-state index in [4.69, 9.17) is 5.11 Å². The molecule has 0 aromatic heterocycles. The van der Waals surface area contributed by atoms with E-state index in [0.717, 1.165) is 18.6 Å². The number of allylic oxidation sites excluding steroid dienone is 1. The van der Waals surface area contributed by atoms with Crippen LogP contribution in [-0.2, 0) is 9.84 Å². The van der Waals surface area contributed by atoms with E-state index in [2.05, 4.69) is 15.9 Å². The van der Waals surface area contributed by atoms with Crippen molar-refractivity contribution in [3.05, 3.63) is 40.1 Å². The lowest BCUT2D eigenvalue weighted by molar-refractivity contribution is 0.0691. The molecule has 0 radical (unpaired) electrons. The van der Waals surface area contributed by atoms with Crippen molar-refractivity contribution in [2.75, 3.05) is 0 Å². The largest absolute Gasteiger partial charge is 0.478 e. The average molecular weight is 363 g/mol. The number of carbonyl (C=O) groups is 1. The van der Waals surface area contributed by atoms with Crippen molar-refractivity contribution in [1.82, 2.24) is 0 Å². The zero-order valence-electron chi connectivity index (χ0n) is 10.3. The summed E-state index contributed by atoms with van der Waals surface area (Å²) in [5, 5.41) is 8.12. The van der Waals surface area contributed by atoms with Crippen LogP contribution in [0.25, 0.3) is 0 Å². The zero-order chi connectivity index (χ0) is 14.9. The van der Waals surface area contributed by atoms with Gasteiger partial charge in [-0.25, -0.2) is 17.6 Å². The molecule has 1 aromatic carbocycles. The number of rotatable bonds is 3. The van der Waals surface area contributed by atoms with Crippen LogP contribution < -0.4 is 0 Å². The molecule has 0 saturated heterocycles. The minimum Gasteiger partial charge on any atom is -0.478 e. The third-order valence-corrected chi connectivity index (χ3v) is 5.71. The minimum absolute atomic E-state index is 0.217. The second kappa shape index (κ2) is 5.65. The molecular formula is C13H12BrFO4S. The summed E-state index contributed by atoms with van der Waals surface area (Å²) in [4.78, 5) is 10.4. The van der Waals surface area contributed by atoms with Gasteiger partial charge in [0, 0.05) is 4.47 Å². The molecule has 0 saturated carbocycles. The molecule has 1 N–H and O–H groups in total. The standard InChI is InChI=1S/C13H12BrFO4S/c14-8-6-10(13(16)17)12(15)11(7-8)20(18,19)9-4-2-1-3-5-9/h2,4,6-7,9H,1,3,5H2,(H,16,17). The molecule has 1 aliphatic carbocycles. The lowest BCUT2D eigenvalue weighted by Crippen LogP contribution is -2.23. The molecule has 1 unspecified atom stereocenters. The molecule has 2 rings (SSSR count). The number of benzene rings is 1. The number of hydrogen-bond donors (Lipinski definition) is 1. The van der Waals surface area contributed by atoms with E-state index in [0.29, 0.717) is 12.8 Å². The average Bonchev–Trinajstić information content (AvgIpc) is 2.41. The molecule has 0 bridgehead atoms. The van der Waals surface area contributed by atoms with Gasteiger partial charge in [0.05, 0.1) is 10.8 Å². The molecule has 20 heavy (non-hydrogen) atoms. The fourth-order valence-electron chi connectivity index (χ4n) is 2.13. The van der Waals surface area contributed by atoms with Gasteiger partial charge < -0.3 is 5.11 Å². The lowest BCUT2D eigenvalue weighted by atomic mass is 10.1. The van der Waals surface area contributed by atoms with Crippen molar-refractivity contribution < 1.29 is 22.7 Å². The molecule has 0 fully saturated rings. The van der Waals surface area contributed by atoms with Gasteiger partial charge in [0.1, 0.15) is 4.90 Å².